The molecule has 0 amide bonds. The number of hydrogen-bond acceptors (Lipinski definition) is 6. The van der Waals surface area contributed by atoms with Crippen LogP contribution in [0.5, 0.6) is 0 Å². The van der Waals surface area contributed by atoms with Gasteiger partial charge in [0.05, 0.1) is 22.2 Å². The van der Waals surface area contributed by atoms with Crippen LogP contribution >= 0.6 is 11.6 Å². The third kappa shape index (κ3) is 3.70. The average Bonchev–Trinajstić information content (AvgIpc) is 2.83. The van der Waals surface area contributed by atoms with E-state index in [0.29, 0.717) is 38.1 Å². The van der Waals surface area contributed by atoms with Gasteiger partial charge in [-0.25, -0.2) is 9.78 Å². The molecule has 0 bridgehead atoms. The summed E-state index contributed by atoms with van der Waals surface area (Å²) in [5, 5.41) is 9.52. The highest BCUT2D eigenvalue weighted by molar-refractivity contribution is 6.30. The summed E-state index contributed by atoms with van der Waals surface area (Å²) in [6, 6.07) is 23.0. The summed E-state index contributed by atoms with van der Waals surface area (Å²) in [6.07, 6.45) is 0. The van der Waals surface area contributed by atoms with Crippen LogP contribution < -0.4 is 5.56 Å². The van der Waals surface area contributed by atoms with Crippen LogP contribution in [-0.2, 0) is 11.5 Å². The molecule has 0 atom stereocenters. The molecule has 5 aromatic rings. The summed E-state index contributed by atoms with van der Waals surface area (Å²) in [7, 11) is 0. The van der Waals surface area contributed by atoms with Crippen molar-refractivity contribution in [2.45, 2.75) is 6.73 Å². The lowest BCUT2D eigenvalue weighted by atomic mass is 10.0. The molecule has 0 saturated heterocycles. The summed E-state index contributed by atoms with van der Waals surface area (Å²) >= 11 is 5.99. The minimum absolute atomic E-state index is 0.336. The number of carbonyl (C=O) groups is 1. The summed E-state index contributed by atoms with van der Waals surface area (Å²) in [5.74, 6) is -0.597. The molecule has 0 aliphatic rings. The van der Waals surface area contributed by atoms with Crippen LogP contribution in [0.4, 0.5) is 0 Å². The average molecular weight is 443 g/mol. The number of pyridine rings is 1. The quantitative estimate of drug-likeness (QED) is 0.381. The van der Waals surface area contributed by atoms with Crippen LogP contribution in [0, 0.1) is 0 Å². The van der Waals surface area contributed by atoms with Gasteiger partial charge in [-0.05, 0) is 36.4 Å². The maximum Gasteiger partial charge on any atom is 0.340 e. The predicted octanol–water partition coefficient (Wildman–Crippen LogP) is 4.47. The first kappa shape index (κ1) is 19.8. The van der Waals surface area contributed by atoms with Crippen molar-refractivity contribution in [3.05, 3.63) is 99.8 Å². The lowest BCUT2D eigenvalue weighted by Gasteiger charge is -2.11. The van der Waals surface area contributed by atoms with E-state index in [-0.39, 0.29) is 12.3 Å². The number of fused-ring (bicyclic) bond motifs is 2. The highest BCUT2D eigenvalue weighted by Crippen LogP contribution is 2.26. The van der Waals surface area contributed by atoms with E-state index >= 15 is 0 Å². The van der Waals surface area contributed by atoms with E-state index in [1.165, 1.54) is 0 Å². The fourth-order valence-corrected chi connectivity index (χ4v) is 3.54. The van der Waals surface area contributed by atoms with E-state index in [9.17, 15) is 9.59 Å². The molecule has 2 aromatic heterocycles. The van der Waals surface area contributed by atoms with Gasteiger partial charge in [0.1, 0.15) is 5.52 Å². The van der Waals surface area contributed by atoms with Crippen LogP contribution in [0.1, 0.15) is 10.4 Å². The molecule has 0 aliphatic heterocycles. The monoisotopic (exact) mass is 442 g/mol. The second-order valence-electron chi connectivity index (χ2n) is 7.05. The van der Waals surface area contributed by atoms with Gasteiger partial charge in [-0.3, -0.25) is 4.79 Å². The van der Waals surface area contributed by atoms with Gasteiger partial charge in [-0.1, -0.05) is 59.3 Å². The number of halogens is 1. The maximum absolute atomic E-state index is 13.0. The van der Waals surface area contributed by atoms with Crippen LogP contribution in [-0.4, -0.2) is 25.9 Å². The zero-order chi connectivity index (χ0) is 22.1. The lowest BCUT2D eigenvalue weighted by molar-refractivity contribution is 0.0338. The largest absolute Gasteiger partial charge is 0.439 e. The molecular weight excluding hydrogens is 428 g/mol. The summed E-state index contributed by atoms with van der Waals surface area (Å²) < 4.78 is 6.45. The molecule has 32 heavy (non-hydrogen) atoms. The summed E-state index contributed by atoms with van der Waals surface area (Å²) in [6.45, 7) is -0.359. The van der Waals surface area contributed by atoms with E-state index in [4.69, 9.17) is 16.3 Å². The normalized spacial score (nSPS) is 11.0. The van der Waals surface area contributed by atoms with Crippen LogP contribution in [0.25, 0.3) is 33.1 Å². The summed E-state index contributed by atoms with van der Waals surface area (Å²) in [4.78, 5) is 30.3. The Balaban J connectivity index is 1.50. The van der Waals surface area contributed by atoms with E-state index in [1.54, 1.807) is 48.5 Å². The second-order valence-corrected chi connectivity index (χ2v) is 7.49. The zero-order valence-electron chi connectivity index (χ0n) is 16.6. The predicted molar refractivity (Wildman–Crippen MR) is 121 cm³/mol. The lowest BCUT2D eigenvalue weighted by Crippen LogP contribution is -2.26. The van der Waals surface area contributed by atoms with Crippen molar-refractivity contribution >= 4 is 39.4 Å². The Bertz CT molecular complexity index is 1530. The van der Waals surface area contributed by atoms with Crippen molar-refractivity contribution in [2.24, 2.45) is 0 Å². The highest BCUT2D eigenvalue weighted by Gasteiger charge is 2.16. The number of para-hydroxylation sites is 1. The van der Waals surface area contributed by atoms with Crippen LogP contribution in [0.2, 0.25) is 5.02 Å². The SMILES string of the molecule is O=C(OCn1nnc2ccccc2c1=O)c1cc(-c2ccc(Cl)cc2)nc2ccccc12. The molecule has 156 valence electrons. The first-order valence-corrected chi connectivity index (χ1v) is 10.1. The number of benzene rings is 3. The Morgan fingerprint density at radius 3 is 2.38 bits per heavy atom. The van der Waals surface area contributed by atoms with Gasteiger partial charge in [-0.15, -0.1) is 5.10 Å². The number of nitrogens with zero attached hydrogens (tertiary/aromatic N) is 4. The number of aromatic nitrogens is 4. The second kappa shape index (κ2) is 8.20. The minimum atomic E-state index is -0.597. The van der Waals surface area contributed by atoms with Gasteiger partial charge in [-0.2, -0.15) is 4.68 Å². The molecule has 2 heterocycles. The first-order chi connectivity index (χ1) is 15.6. The molecular formula is C24H15ClN4O3. The van der Waals surface area contributed by atoms with E-state index in [2.05, 4.69) is 15.3 Å². The van der Waals surface area contributed by atoms with Crippen molar-refractivity contribution in [1.29, 1.82) is 0 Å². The van der Waals surface area contributed by atoms with Gasteiger partial charge in [0.2, 0.25) is 0 Å². The molecule has 0 fully saturated rings. The molecule has 0 unspecified atom stereocenters. The third-order valence-corrected chi connectivity index (χ3v) is 5.28. The molecule has 0 radical (unpaired) electrons. The molecule has 7 nitrogen and oxygen atoms in total. The zero-order valence-corrected chi connectivity index (χ0v) is 17.4. The minimum Gasteiger partial charge on any atom is -0.439 e. The number of hydrogen-bond donors (Lipinski definition) is 0. The van der Waals surface area contributed by atoms with E-state index < -0.39 is 5.97 Å². The molecule has 8 heteroatoms. The molecule has 0 spiro atoms. The van der Waals surface area contributed by atoms with E-state index in [1.807, 2.05) is 30.3 Å². The van der Waals surface area contributed by atoms with Crippen molar-refractivity contribution in [2.75, 3.05) is 0 Å². The van der Waals surface area contributed by atoms with Gasteiger partial charge >= 0.3 is 5.97 Å². The fraction of sp³-hybridized carbons (Fsp3) is 0.0417. The Kier molecular flexibility index (Phi) is 5.09. The molecule has 5 rings (SSSR count). The third-order valence-electron chi connectivity index (χ3n) is 5.02. The van der Waals surface area contributed by atoms with Gasteiger partial charge in [0.15, 0.2) is 6.73 Å². The topological polar surface area (TPSA) is 87.0 Å². The number of rotatable bonds is 4. The van der Waals surface area contributed by atoms with Crippen molar-refractivity contribution in [3.8, 4) is 11.3 Å². The van der Waals surface area contributed by atoms with Crippen molar-refractivity contribution in [3.63, 3.8) is 0 Å². The van der Waals surface area contributed by atoms with Gasteiger partial charge < -0.3 is 4.74 Å². The Morgan fingerprint density at radius 2 is 1.59 bits per heavy atom. The standard InChI is InChI=1S/C24H15ClN4O3/c25-16-11-9-15(10-12-16)22-13-19(17-5-1-3-7-20(17)26-22)24(31)32-14-29-23(30)18-6-2-4-8-21(18)27-28-29/h1-13H,14H2. The summed E-state index contributed by atoms with van der Waals surface area (Å²) in [5.41, 5.74) is 2.50. The first-order valence-electron chi connectivity index (χ1n) is 9.75. The highest BCUT2D eigenvalue weighted by atomic mass is 35.5. The molecule has 3 aromatic carbocycles. The maximum atomic E-state index is 13.0. The molecule has 0 aliphatic carbocycles. The van der Waals surface area contributed by atoms with Crippen LogP contribution in [0.3, 0.4) is 0 Å². The van der Waals surface area contributed by atoms with E-state index in [0.717, 1.165) is 10.2 Å². The van der Waals surface area contributed by atoms with Gasteiger partial charge in [0.25, 0.3) is 5.56 Å². The number of ether oxygens (including phenoxy) is 1. The smallest absolute Gasteiger partial charge is 0.340 e. The molecule has 0 saturated carbocycles. The Labute approximate surface area is 186 Å². The van der Waals surface area contributed by atoms with Gasteiger partial charge in [0, 0.05) is 16.0 Å². The van der Waals surface area contributed by atoms with Crippen LogP contribution in [0.15, 0.2) is 83.7 Å². The Hall–Kier alpha value is -4.10. The van der Waals surface area contributed by atoms with Crippen molar-refractivity contribution in [1.82, 2.24) is 20.0 Å². The number of esters is 1. The number of carbonyl (C=O) groups excluding carboxylic acids is 1. The fourth-order valence-electron chi connectivity index (χ4n) is 3.42. The molecule has 0 N–H and O–H groups in total. The van der Waals surface area contributed by atoms with Crippen molar-refractivity contribution < 1.29 is 9.53 Å². The Morgan fingerprint density at radius 1 is 0.906 bits per heavy atom.